The van der Waals surface area contributed by atoms with Crippen LogP contribution in [-0.2, 0) is 10.2 Å². The quantitative estimate of drug-likeness (QED) is 0.893. The van der Waals surface area contributed by atoms with E-state index in [1.165, 1.54) is 0 Å². The molecule has 0 atom stereocenters. The summed E-state index contributed by atoms with van der Waals surface area (Å²) in [7, 11) is 0. The third-order valence-corrected chi connectivity index (χ3v) is 3.31. The summed E-state index contributed by atoms with van der Waals surface area (Å²) in [6.07, 6.45) is 2.88. The molecular formula is C14H12N2O2. The molecule has 2 aromatic rings. The minimum atomic E-state index is -0.842. The van der Waals surface area contributed by atoms with Crippen molar-refractivity contribution in [2.75, 3.05) is 0 Å². The molecule has 1 aromatic carbocycles. The van der Waals surface area contributed by atoms with Crippen LogP contribution in [0, 0.1) is 0 Å². The van der Waals surface area contributed by atoms with E-state index in [1.54, 1.807) is 12.3 Å². The van der Waals surface area contributed by atoms with Gasteiger partial charge in [-0.1, -0.05) is 30.3 Å². The van der Waals surface area contributed by atoms with Gasteiger partial charge in [-0.15, -0.1) is 0 Å². The number of carbonyl (C=O) groups is 1. The first-order chi connectivity index (χ1) is 8.72. The Morgan fingerprint density at radius 2 is 1.89 bits per heavy atom. The first-order valence-corrected chi connectivity index (χ1v) is 5.85. The highest BCUT2D eigenvalue weighted by molar-refractivity contribution is 5.83. The van der Waals surface area contributed by atoms with E-state index < -0.39 is 11.4 Å². The van der Waals surface area contributed by atoms with E-state index in [1.807, 2.05) is 30.3 Å². The van der Waals surface area contributed by atoms with Crippen LogP contribution in [0.5, 0.6) is 0 Å². The van der Waals surface area contributed by atoms with Gasteiger partial charge in [-0.3, -0.25) is 4.79 Å². The summed E-state index contributed by atoms with van der Waals surface area (Å²) in [5.41, 5.74) is 0.903. The van der Waals surface area contributed by atoms with E-state index in [9.17, 15) is 9.90 Å². The van der Waals surface area contributed by atoms with Gasteiger partial charge in [0.1, 0.15) is 11.2 Å². The first-order valence-electron chi connectivity index (χ1n) is 5.85. The Labute approximate surface area is 104 Å². The Kier molecular flexibility index (Phi) is 2.37. The van der Waals surface area contributed by atoms with Gasteiger partial charge in [-0.05, 0) is 18.9 Å². The Morgan fingerprint density at radius 1 is 1.17 bits per heavy atom. The SMILES string of the molecule is O=C(O)C1(c2nccc(-c3ccccc3)n2)CC1. The zero-order chi connectivity index (χ0) is 12.6. The smallest absolute Gasteiger partial charge is 0.317 e. The summed E-state index contributed by atoms with van der Waals surface area (Å²) in [5.74, 6) is -0.399. The van der Waals surface area contributed by atoms with Crippen LogP contribution < -0.4 is 0 Å². The molecule has 3 rings (SSSR count). The molecule has 4 heteroatoms. The molecule has 1 saturated carbocycles. The van der Waals surface area contributed by atoms with Crippen LogP contribution in [0.2, 0.25) is 0 Å². The lowest BCUT2D eigenvalue weighted by Gasteiger charge is -2.09. The van der Waals surface area contributed by atoms with Crippen LogP contribution in [0.25, 0.3) is 11.3 Å². The number of aliphatic carboxylic acids is 1. The fourth-order valence-electron chi connectivity index (χ4n) is 2.02. The number of carboxylic acid groups (broad SMARTS) is 1. The minimum Gasteiger partial charge on any atom is -0.480 e. The number of rotatable bonds is 3. The lowest BCUT2D eigenvalue weighted by molar-refractivity contribution is -0.140. The lowest BCUT2D eigenvalue weighted by Crippen LogP contribution is -2.22. The highest BCUT2D eigenvalue weighted by atomic mass is 16.4. The average Bonchev–Trinajstić information content (AvgIpc) is 3.21. The molecule has 0 radical (unpaired) electrons. The molecule has 1 heterocycles. The zero-order valence-electron chi connectivity index (χ0n) is 9.71. The maximum absolute atomic E-state index is 11.3. The van der Waals surface area contributed by atoms with Crippen LogP contribution in [0.4, 0.5) is 0 Å². The highest BCUT2D eigenvalue weighted by Gasteiger charge is 2.54. The molecule has 18 heavy (non-hydrogen) atoms. The Balaban J connectivity index is 2.03. The van der Waals surface area contributed by atoms with Gasteiger partial charge in [0, 0.05) is 11.8 Å². The highest BCUT2D eigenvalue weighted by Crippen LogP contribution is 2.46. The van der Waals surface area contributed by atoms with Gasteiger partial charge in [0.25, 0.3) is 0 Å². The standard InChI is InChI=1S/C14H12N2O2/c17-13(18)14(7-8-14)12-15-9-6-11(16-12)10-4-2-1-3-5-10/h1-6,9H,7-8H2,(H,17,18). The van der Waals surface area contributed by atoms with Crippen molar-refractivity contribution < 1.29 is 9.90 Å². The normalized spacial score (nSPS) is 16.2. The van der Waals surface area contributed by atoms with Crippen molar-refractivity contribution in [3.8, 4) is 11.3 Å². The second kappa shape index (κ2) is 3.91. The van der Waals surface area contributed by atoms with Crippen molar-refractivity contribution in [2.45, 2.75) is 18.3 Å². The molecular weight excluding hydrogens is 228 g/mol. The maximum atomic E-state index is 11.3. The van der Waals surface area contributed by atoms with Gasteiger partial charge >= 0.3 is 5.97 Å². The van der Waals surface area contributed by atoms with Gasteiger partial charge in [-0.25, -0.2) is 9.97 Å². The minimum absolute atomic E-state index is 0.427. The summed E-state index contributed by atoms with van der Waals surface area (Å²) < 4.78 is 0. The van der Waals surface area contributed by atoms with Gasteiger partial charge in [0.15, 0.2) is 0 Å². The molecule has 1 aromatic heterocycles. The molecule has 0 spiro atoms. The first kappa shape index (κ1) is 10.9. The van der Waals surface area contributed by atoms with Crippen molar-refractivity contribution in [1.29, 1.82) is 0 Å². The van der Waals surface area contributed by atoms with Crippen molar-refractivity contribution in [1.82, 2.24) is 9.97 Å². The van der Waals surface area contributed by atoms with E-state index in [0.717, 1.165) is 11.3 Å². The summed E-state index contributed by atoms with van der Waals surface area (Å²) in [4.78, 5) is 19.8. The van der Waals surface area contributed by atoms with Crippen molar-refractivity contribution in [3.63, 3.8) is 0 Å². The second-order valence-electron chi connectivity index (χ2n) is 4.52. The van der Waals surface area contributed by atoms with Crippen molar-refractivity contribution in [2.24, 2.45) is 0 Å². The fourth-order valence-corrected chi connectivity index (χ4v) is 2.02. The Hall–Kier alpha value is -2.23. The summed E-state index contributed by atoms with van der Waals surface area (Å²) in [5, 5.41) is 9.24. The number of aromatic nitrogens is 2. The fraction of sp³-hybridized carbons (Fsp3) is 0.214. The predicted molar refractivity (Wildman–Crippen MR) is 66.0 cm³/mol. The third kappa shape index (κ3) is 1.66. The van der Waals surface area contributed by atoms with E-state index in [4.69, 9.17) is 0 Å². The number of hydrogen-bond donors (Lipinski definition) is 1. The van der Waals surface area contributed by atoms with E-state index in [2.05, 4.69) is 9.97 Å². The monoisotopic (exact) mass is 240 g/mol. The topological polar surface area (TPSA) is 63.1 Å². The lowest BCUT2D eigenvalue weighted by atomic mass is 10.1. The van der Waals surface area contributed by atoms with Gasteiger partial charge < -0.3 is 5.11 Å². The molecule has 1 N–H and O–H groups in total. The van der Waals surface area contributed by atoms with Gasteiger partial charge in [-0.2, -0.15) is 0 Å². The van der Waals surface area contributed by atoms with Crippen LogP contribution in [-0.4, -0.2) is 21.0 Å². The second-order valence-corrected chi connectivity index (χ2v) is 4.52. The number of benzene rings is 1. The molecule has 0 amide bonds. The Bertz CT molecular complexity index is 592. The predicted octanol–water partition coefficient (Wildman–Crippen LogP) is 2.26. The molecule has 1 aliphatic rings. The van der Waals surface area contributed by atoms with Crippen LogP contribution in [0.15, 0.2) is 42.6 Å². The molecule has 0 bridgehead atoms. The number of hydrogen-bond acceptors (Lipinski definition) is 3. The Morgan fingerprint density at radius 3 is 2.50 bits per heavy atom. The molecule has 90 valence electrons. The van der Waals surface area contributed by atoms with Gasteiger partial charge in [0.05, 0.1) is 5.69 Å². The zero-order valence-corrected chi connectivity index (χ0v) is 9.71. The maximum Gasteiger partial charge on any atom is 0.317 e. The molecule has 1 aliphatic carbocycles. The molecule has 4 nitrogen and oxygen atoms in total. The van der Waals surface area contributed by atoms with E-state index in [0.29, 0.717) is 18.7 Å². The third-order valence-electron chi connectivity index (χ3n) is 3.31. The largest absolute Gasteiger partial charge is 0.480 e. The van der Waals surface area contributed by atoms with E-state index in [-0.39, 0.29) is 0 Å². The van der Waals surface area contributed by atoms with Crippen molar-refractivity contribution >= 4 is 5.97 Å². The summed E-state index contributed by atoms with van der Waals surface area (Å²) >= 11 is 0. The van der Waals surface area contributed by atoms with Crippen LogP contribution >= 0.6 is 0 Å². The number of nitrogens with zero attached hydrogens (tertiary/aromatic N) is 2. The van der Waals surface area contributed by atoms with Crippen LogP contribution in [0.3, 0.4) is 0 Å². The average molecular weight is 240 g/mol. The summed E-state index contributed by atoms with van der Waals surface area (Å²) in [6.45, 7) is 0. The number of carboxylic acids is 1. The molecule has 0 aliphatic heterocycles. The van der Waals surface area contributed by atoms with Gasteiger partial charge in [0.2, 0.25) is 0 Å². The molecule has 1 fully saturated rings. The molecule has 0 saturated heterocycles. The summed E-state index contributed by atoms with van der Waals surface area (Å²) in [6, 6.07) is 11.5. The molecule has 0 unspecified atom stereocenters. The van der Waals surface area contributed by atoms with Crippen LogP contribution in [0.1, 0.15) is 18.7 Å². The van der Waals surface area contributed by atoms with E-state index >= 15 is 0 Å². The van der Waals surface area contributed by atoms with Crippen molar-refractivity contribution in [3.05, 3.63) is 48.4 Å².